The van der Waals surface area contributed by atoms with E-state index < -0.39 is 17.8 Å². The lowest BCUT2D eigenvalue weighted by atomic mass is 9.95. The van der Waals surface area contributed by atoms with Crippen molar-refractivity contribution in [1.29, 1.82) is 0 Å². The number of nitrogens with one attached hydrogen (secondary N) is 1. The zero-order chi connectivity index (χ0) is 31.2. The Kier molecular flexibility index (Phi) is 7.76. The maximum Gasteiger partial charge on any atom is 0.338 e. The quantitative estimate of drug-likeness (QED) is 0.277. The van der Waals surface area contributed by atoms with Gasteiger partial charge in [0, 0.05) is 66.3 Å². The number of methoxy groups -OCH3 is 1. The molecule has 230 valence electrons. The largest absolute Gasteiger partial charge is 0.466 e. The van der Waals surface area contributed by atoms with E-state index >= 15 is 0 Å². The fourth-order valence-corrected chi connectivity index (χ4v) is 7.20. The average molecular weight is 645 g/mol. The SMILES string of the molecule is COC(=O)C1=C(CN2CCN3C(=O)N(c4ccc5cc(C)ccc5c4)C[C@@H]3C2)NC(c2nccs2)=N[C@H]1c1ccc(F)cc1Cl. The van der Waals surface area contributed by atoms with Gasteiger partial charge in [-0.3, -0.25) is 14.8 Å². The summed E-state index contributed by atoms with van der Waals surface area (Å²) < 4.78 is 19.2. The Bertz CT molecular complexity index is 1880. The standard InChI is InChI=1S/C33H30ClFN6O3S/c1-19-3-4-21-14-23(7-5-20(21)13-19)41-17-24-16-39(10-11-40(24)33(41)43)18-27-28(32(42)44-2)29(25-8-6-22(35)15-26(25)34)38-30(37-27)31-36-9-12-45-31/h3-9,12-15,24,29H,10-11,16-18H2,1-2H3,(H,37,38)/t24-,29-/m0/s1. The molecular weight excluding hydrogens is 615 g/mol. The second-order valence-electron chi connectivity index (χ2n) is 11.4. The third-order valence-corrected chi connectivity index (χ3v) is 9.64. The number of carbonyl (C=O) groups is 2. The minimum atomic E-state index is -0.831. The summed E-state index contributed by atoms with van der Waals surface area (Å²) in [5.41, 5.74) is 3.46. The summed E-state index contributed by atoms with van der Waals surface area (Å²) in [7, 11) is 1.32. The van der Waals surface area contributed by atoms with Crippen LogP contribution in [0.25, 0.3) is 10.8 Å². The highest BCUT2D eigenvalue weighted by Crippen LogP contribution is 2.37. The molecule has 0 unspecified atom stereocenters. The molecule has 0 spiro atoms. The number of amidine groups is 1. The van der Waals surface area contributed by atoms with Crippen LogP contribution in [0.5, 0.6) is 0 Å². The number of piperazine rings is 1. The van der Waals surface area contributed by atoms with E-state index in [9.17, 15) is 14.0 Å². The second-order valence-corrected chi connectivity index (χ2v) is 12.7. The zero-order valence-corrected chi connectivity index (χ0v) is 26.2. The van der Waals surface area contributed by atoms with Gasteiger partial charge in [0.1, 0.15) is 11.9 Å². The number of carbonyl (C=O) groups excluding carboxylic acids is 2. The van der Waals surface area contributed by atoms with Gasteiger partial charge in [0.2, 0.25) is 0 Å². The molecule has 2 atom stereocenters. The maximum absolute atomic E-state index is 14.0. The number of aryl methyl sites for hydroxylation is 1. The smallest absolute Gasteiger partial charge is 0.338 e. The van der Waals surface area contributed by atoms with E-state index in [2.05, 4.69) is 52.5 Å². The van der Waals surface area contributed by atoms with Gasteiger partial charge >= 0.3 is 12.0 Å². The Morgan fingerprint density at radius 3 is 2.71 bits per heavy atom. The molecule has 9 nitrogen and oxygen atoms in total. The van der Waals surface area contributed by atoms with Crippen molar-refractivity contribution in [3.8, 4) is 0 Å². The van der Waals surface area contributed by atoms with Crippen LogP contribution in [0.3, 0.4) is 0 Å². The van der Waals surface area contributed by atoms with E-state index in [4.69, 9.17) is 21.3 Å². The van der Waals surface area contributed by atoms with Gasteiger partial charge in [0.05, 0.1) is 18.7 Å². The van der Waals surface area contributed by atoms with Crippen molar-refractivity contribution in [2.24, 2.45) is 4.99 Å². The predicted octanol–water partition coefficient (Wildman–Crippen LogP) is 5.54. The summed E-state index contributed by atoms with van der Waals surface area (Å²) in [6.45, 7) is 4.77. The van der Waals surface area contributed by atoms with Gasteiger partial charge in [-0.1, -0.05) is 47.5 Å². The Morgan fingerprint density at radius 2 is 1.93 bits per heavy atom. The zero-order valence-electron chi connectivity index (χ0n) is 24.7. The topological polar surface area (TPSA) is 90.4 Å². The first kappa shape index (κ1) is 29.4. The number of aromatic nitrogens is 1. The van der Waals surface area contributed by atoms with Crippen molar-refractivity contribution in [3.05, 3.63) is 104 Å². The molecule has 0 bridgehead atoms. The molecule has 0 saturated carbocycles. The number of halogens is 2. The van der Waals surface area contributed by atoms with Gasteiger partial charge < -0.3 is 15.0 Å². The lowest BCUT2D eigenvalue weighted by Crippen LogP contribution is -2.53. The summed E-state index contributed by atoms with van der Waals surface area (Å²) >= 11 is 7.91. The maximum atomic E-state index is 14.0. The third kappa shape index (κ3) is 5.56. The lowest BCUT2D eigenvalue weighted by molar-refractivity contribution is -0.136. The molecule has 4 heterocycles. The fourth-order valence-electron chi connectivity index (χ4n) is 6.34. The van der Waals surface area contributed by atoms with E-state index in [1.807, 2.05) is 21.2 Å². The number of rotatable bonds is 6. The van der Waals surface area contributed by atoms with Gasteiger partial charge in [-0.2, -0.15) is 0 Å². The van der Waals surface area contributed by atoms with E-state index in [1.54, 1.807) is 12.3 Å². The summed E-state index contributed by atoms with van der Waals surface area (Å²) in [5, 5.41) is 8.24. The first-order valence-electron chi connectivity index (χ1n) is 14.6. The number of aliphatic imine (C=N–C) groups is 1. The van der Waals surface area contributed by atoms with Crippen LogP contribution in [0.1, 0.15) is 22.2 Å². The lowest BCUT2D eigenvalue weighted by Gasteiger charge is -2.38. The van der Waals surface area contributed by atoms with Gasteiger partial charge in [-0.25, -0.2) is 19.0 Å². The first-order chi connectivity index (χ1) is 21.8. The number of esters is 1. The van der Waals surface area contributed by atoms with Crippen LogP contribution in [-0.4, -0.2) is 78.5 Å². The van der Waals surface area contributed by atoms with Crippen LogP contribution in [0.15, 0.2) is 82.4 Å². The molecule has 2 amide bonds. The molecular formula is C33H30ClFN6O3S. The molecule has 0 aliphatic carbocycles. The van der Waals surface area contributed by atoms with Crippen molar-refractivity contribution in [2.75, 3.05) is 44.7 Å². The van der Waals surface area contributed by atoms with Crippen LogP contribution in [0.2, 0.25) is 5.02 Å². The van der Waals surface area contributed by atoms with Crippen LogP contribution in [-0.2, 0) is 9.53 Å². The van der Waals surface area contributed by atoms with Crippen molar-refractivity contribution >= 4 is 57.2 Å². The van der Waals surface area contributed by atoms with Gasteiger partial charge in [-0.05, 0) is 42.0 Å². The van der Waals surface area contributed by atoms with E-state index in [0.717, 1.165) is 16.5 Å². The molecule has 12 heteroatoms. The van der Waals surface area contributed by atoms with E-state index in [-0.39, 0.29) is 17.1 Å². The number of hydrogen-bond acceptors (Lipinski definition) is 8. The van der Waals surface area contributed by atoms with Crippen LogP contribution in [0.4, 0.5) is 14.9 Å². The number of hydrogen-bond donors (Lipinski definition) is 1. The molecule has 7 rings (SSSR count). The molecule has 3 aliphatic heterocycles. The molecule has 1 N–H and O–H groups in total. The van der Waals surface area contributed by atoms with Crippen LogP contribution >= 0.6 is 22.9 Å². The van der Waals surface area contributed by atoms with Gasteiger partial charge in [0.25, 0.3) is 0 Å². The minimum absolute atomic E-state index is 0.000531. The number of urea groups is 1. The Labute approximate surface area is 268 Å². The number of ether oxygens (including phenoxy) is 1. The number of thiazole rings is 1. The molecule has 0 radical (unpaired) electrons. The summed E-state index contributed by atoms with van der Waals surface area (Å²) in [5.74, 6) is -0.551. The van der Waals surface area contributed by atoms with Crippen molar-refractivity contribution < 1.29 is 18.7 Å². The summed E-state index contributed by atoms with van der Waals surface area (Å²) in [4.78, 5) is 42.1. The van der Waals surface area contributed by atoms with Crippen molar-refractivity contribution in [2.45, 2.75) is 19.0 Å². The Balaban J connectivity index is 1.17. The number of fused-ring (bicyclic) bond motifs is 2. The minimum Gasteiger partial charge on any atom is -0.466 e. The van der Waals surface area contributed by atoms with Crippen LogP contribution < -0.4 is 10.2 Å². The summed E-state index contributed by atoms with van der Waals surface area (Å²) in [6.07, 6.45) is 1.68. The number of amides is 2. The third-order valence-electron chi connectivity index (χ3n) is 8.53. The molecule has 2 fully saturated rings. The number of nitrogens with zero attached hydrogens (tertiary/aromatic N) is 5. The highest BCUT2D eigenvalue weighted by atomic mass is 35.5. The number of benzene rings is 3. The Morgan fingerprint density at radius 1 is 1.11 bits per heavy atom. The van der Waals surface area contributed by atoms with Crippen molar-refractivity contribution in [1.82, 2.24) is 20.1 Å². The normalized spacial score (nSPS) is 20.4. The predicted molar refractivity (Wildman–Crippen MR) is 173 cm³/mol. The molecule has 45 heavy (non-hydrogen) atoms. The Hall–Kier alpha value is -4.32. The average Bonchev–Trinajstić information content (AvgIpc) is 3.69. The monoisotopic (exact) mass is 644 g/mol. The van der Waals surface area contributed by atoms with Gasteiger partial charge in [0.15, 0.2) is 10.8 Å². The summed E-state index contributed by atoms with van der Waals surface area (Å²) in [6, 6.07) is 15.7. The second kappa shape index (κ2) is 11.9. The highest BCUT2D eigenvalue weighted by Gasteiger charge is 2.42. The molecule has 2 saturated heterocycles. The number of anilines is 1. The van der Waals surface area contributed by atoms with Crippen molar-refractivity contribution in [3.63, 3.8) is 0 Å². The van der Waals surface area contributed by atoms with Gasteiger partial charge in [-0.15, -0.1) is 11.3 Å². The fraction of sp³-hybridized carbons (Fsp3) is 0.273. The van der Waals surface area contributed by atoms with E-state index in [1.165, 1.54) is 36.1 Å². The molecule has 3 aromatic carbocycles. The first-order valence-corrected chi connectivity index (χ1v) is 15.9. The van der Waals surface area contributed by atoms with Crippen LogP contribution in [0, 0.1) is 12.7 Å². The molecule has 4 aromatic rings. The highest BCUT2D eigenvalue weighted by molar-refractivity contribution is 7.11. The van der Waals surface area contributed by atoms with E-state index in [0.29, 0.717) is 60.4 Å². The molecule has 3 aliphatic rings. The molecule has 1 aromatic heterocycles.